The van der Waals surface area contributed by atoms with E-state index in [-0.39, 0.29) is 6.61 Å². The van der Waals surface area contributed by atoms with Crippen LogP contribution in [0.5, 0.6) is 0 Å². The maximum Gasteiger partial charge on any atom is 0.254 e. The van der Waals surface area contributed by atoms with Crippen LogP contribution in [0.25, 0.3) is 0 Å². The average molecular weight is 318 g/mol. The van der Waals surface area contributed by atoms with Gasteiger partial charge in [0.2, 0.25) is 0 Å². The van der Waals surface area contributed by atoms with E-state index in [0.29, 0.717) is 28.9 Å². The number of aliphatic hydroxyl groups is 1. The van der Waals surface area contributed by atoms with Crippen molar-refractivity contribution in [3.63, 3.8) is 0 Å². The van der Waals surface area contributed by atoms with Gasteiger partial charge in [-0.25, -0.2) is 13.4 Å². The number of aromatic nitrogens is 1. The first kappa shape index (κ1) is 15.9. The van der Waals surface area contributed by atoms with Gasteiger partial charge in [-0.3, -0.25) is 0 Å². The first-order chi connectivity index (χ1) is 9.45. The number of sulfonamides is 1. The first-order valence-electron chi connectivity index (χ1n) is 7.00. The molecule has 1 atom stereocenters. The van der Waals surface area contributed by atoms with Crippen LogP contribution in [0, 0.1) is 19.8 Å². The zero-order chi connectivity index (χ0) is 14.8. The normalized spacial score (nSPS) is 21.9. The maximum atomic E-state index is 12.7. The fourth-order valence-electron chi connectivity index (χ4n) is 2.72. The summed E-state index contributed by atoms with van der Waals surface area (Å²) in [5, 5.41) is 9.80. The van der Waals surface area contributed by atoms with Crippen molar-refractivity contribution < 1.29 is 13.5 Å². The van der Waals surface area contributed by atoms with E-state index in [1.165, 1.54) is 11.3 Å². The summed E-state index contributed by atoms with van der Waals surface area (Å²) in [6, 6.07) is 0. The maximum absolute atomic E-state index is 12.7. The van der Waals surface area contributed by atoms with Gasteiger partial charge in [-0.05, 0) is 45.4 Å². The van der Waals surface area contributed by atoms with Crippen molar-refractivity contribution in [3.8, 4) is 0 Å². The van der Waals surface area contributed by atoms with Gasteiger partial charge in [0.25, 0.3) is 10.0 Å². The minimum Gasteiger partial charge on any atom is -0.396 e. The largest absolute Gasteiger partial charge is 0.396 e. The molecule has 20 heavy (non-hydrogen) atoms. The summed E-state index contributed by atoms with van der Waals surface area (Å²) in [5.74, 6) is 0.435. The van der Waals surface area contributed by atoms with Crippen LogP contribution < -0.4 is 0 Å². The highest BCUT2D eigenvalue weighted by Crippen LogP contribution is 2.29. The summed E-state index contributed by atoms with van der Waals surface area (Å²) in [6.07, 6.45) is 3.46. The van der Waals surface area contributed by atoms with Crippen molar-refractivity contribution in [2.24, 2.45) is 5.92 Å². The molecule has 114 valence electrons. The molecule has 0 spiro atoms. The van der Waals surface area contributed by atoms with E-state index >= 15 is 0 Å². The molecule has 1 N–H and O–H groups in total. The van der Waals surface area contributed by atoms with Crippen LogP contribution in [0.4, 0.5) is 0 Å². The van der Waals surface area contributed by atoms with Gasteiger partial charge < -0.3 is 5.11 Å². The summed E-state index contributed by atoms with van der Waals surface area (Å²) in [5.41, 5.74) is 0.601. The Labute approximate surface area is 124 Å². The highest BCUT2D eigenvalue weighted by Gasteiger charge is 2.30. The highest BCUT2D eigenvalue weighted by molar-refractivity contribution is 7.91. The molecule has 1 unspecified atom stereocenters. The minimum absolute atomic E-state index is 0.185. The number of thiazole rings is 1. The van der Waals surface area contributed by atoms with Crippen LogP contribution in [0.3, 0.4) is 0 Å². The molecule has 1 aliphatic rings. The lowest BCUT2D eigenvalue weighted by Crippen LogP contribution is -2.32. The van der Waals surface area contributed by atoms with E-state index in [9.17, 15) is 8.42 Å². The van der Waals surface area contributed by atoms with Crippen LogP contribution in [-0.2, 0) is 10.0 Å². The quantitative estimate of drug-likeness (QED) is 0.921. The molecule has 5 nitrogen and oxygen atoms in total. The van der Waals surface area contributed by atoms with Crippen molar-refractivity contribution in [1.82, 2.24) is 9.29 Å². The summed E-state index contributed by atoms with van der Waals surface area (Å²) >= 11 is 1.25. The number of nitrogens with zero attached hydrogens (tertiary/aromatic N) is 2. The third-order valence-corrected chi connectivity index (χ3v) is 7.34. The molecule has 2 rings (SSSR count). The van der Waals surface area contributed by atoms with E-state index in [2.05, 4.69) is 4.98 Å². The Kier molecular flexibility index (Phi) is 5.17. The predicted octanol–water partition coefficient (Wildman–Crippen LogP) is 1.93. The Morgan fingerprint density at radius 2 is 2.10 bits per heavy atom. The van der Waals surface area contributed by atoms with Crippen molar-refractivity contribution in [2.45, 2.75) is 43.7 Å². The molecule has 1 aromatic rings. The SMILES string of the molecule is Cc1nc(C)c(S(=O)(=O)N2CCCC(CCO)CC2)s1. The van der Waals surface area contributed by atoms with Crippen molar-refractivity contribution in [1.29, 1.82) is 0 Å². The van der Waals surface area contributed by atoms with Crippen LogP contribution in [-0.4, -0.2) is 42.5 Å². The van der Waals surface area contributed by atoms with E-state index in [1.807, 2.05) is 6.92 Å². The third-order valence-electron chi connectivity index (χ3n) is 3.78. The molecular formula is C13H22N2O3S2. The van der Waals surface area contributed by atoms with Gasteiger partial charge >= 0.3 is 0 Å². The zero-order valence-corrected chi connectivity index (χ0v) is 13.6. The second kappa shape index (κ2) is 6.51. The molecule has 1 aliphatic heterocycles. The minimum atomic E-state index is -3.41. The van der Waals surface area contributed by atoms with E-state index < -0.39 is 10.0 Å². The molecule has 0 saturated carbocycles. The molecule has 7 heteroatoms. The van der Waals surface area contributed by atoms with Gasteiger partial charge in [-0.2, -0.15) is 4.31 Å². The van der Waals surface area contributed by atoms with Crippen LogP contribution >= 0.6 is 11.3 Å². The summed E-state index contributed by atoms with van der Waals surface area (Å²) < 4.78 is 27.3. The van der Waals surface area contributed by atoms with Gasteiger partial charge in [0.05, 0.1) is 10.7 Å². The Hall–Kier alpha value is -0.500. The number of aliphatic hydroxyl groups excluding tert-OH is 1. The Balaban J connectivity index is 2.16. The Morgan fingerprint density at radius 1 is 1.35 bits per heavy atom. The third kappa shape index (κ3) is 3.39. The van der Waals surface area contributed by atoms with Crippen molar-refractivity contribution >= 4 is 21.4 Å². The Morgan fingerprint density at radius 3 is 2.70 bits per heavy atom. The summed E-state index contributed by atoms with van der Waals surface area (Å²) in [7, 11) is -3.41. The molecule has 0 amide bonds. The smallest absolute Gasteiger partial charge is 0.254 e. The lowest BCUT2D eigenvalue weighted by Gasteiger charge is -2.19. The van der Waals surface area contributed by atoms with Crippen molar-refractivity contribution in [3.05, 3.63) is 10.7 Å². The second-order valence-electron chi connectivity index (χ2n) is 5.32. The molecule has 1 fully saturated rings. The molecule has 2 heterocycles. The van der Waals surface area contributed by atoms with Gasteiger partial charge in [-0.1, -0.05) is 0 Å². The second-order valence-corrected chi connectivity index (χ2v) is 8.66. The van der Waals surface area contributed by atoms with E-state index in [4.69, 9.17) is 5.11 Å². The molecule has 0 radical (unpaired) electrons. The summed E-state index contributed by atoms with van der Waals surface area (Å²) in [6.45, 7) is 4.88. The molecule has 0 aliphatic carbocycles. The number of aryl methyl sites for hydroxylation is 2. The van der Waals surface area contributed by atoms with Crippen LogP contribution in [0.2, 0.25) is 0 Å². The lowest BCUT2D eigenvalue weighted by atomic mass is 9.98. The molecular weight excluding hydrogens is 296 g/mol. The number of hydrogen-bond donors (Lipinski definition) is 1. The highest BCUT2D eigenvalue weighted by atomic mass is 32.2. The van der Waals surface area contributed by atoms with E-state index in [0.717, 1.165) is 30.7 Å². The molecule has 0 bridgehead atoms. The zero-order valence-electron chi connectivity index (χ0n) is 12.0. The number of rotatable bonds is 4. The van der Waals surface area contributed by atoms with Gasteiger partial charge in [-0.15, -0.1) is 11.3 Å². The lowest BCUT2D eigenvalue weighted by molar-refractivity contribution is 0.248. The molecule has 1 aromatic heterocycles. The fraction of sp³-hybridized carbons (Fsp3) is 0.769. The average Bonchev–Trinajstić information content (AvgIpc) is 2.61. The summed E-state index contributed by atoms with van der Waals surface area (Å²) in [4.78, 5) is 4.22. The Bertz CT molecular complexity index is 554. The fourth-order valence-corrected chi connectivity index (χ4v) is 5.83. The predicted molar refractivity (Wildman–Crippen MR) is 79.4 cm³/mol. The topological polar surface area (TPSA) is 70.5 Å². The first-order valence-corrected chi connectivity index (χ1v) is 9.26. The van der Waals surface area contributed by atoms with Gasteiger partial charge in [0, 0.05) is 19.7 Å². The van der Waals surface area contributed by atoms with Crippen molar-refractivity contribution in [2.75, 3.05) is 19.7 Å². The van der Waals surface area contributed by atoms with Crippen LogP contribution in [0.15, 0.2) is 4.21 Å². The monoisotopic (exact) mass is 318 g/mol. The molecule has 1 saturated heterocycles. The van der Waals surface area contributed by atoms with Gasteiger partial charge in [0.1, 0.15) is 0 Å². The van der Waals surface area contributed by atoms with Gasteiger partial charge in [0.15, 0.2) is 4.21 Å². The van der Waals surface area contributed by atoms with Crippen LogP contribution in [0.1, 0.15) is 36.4 Å². The number of hydrogen-bond acceptors (Lipinski definition) is 5. The molecule has 0 aromatic carbocycles. The van der Waals surface area contributed by atoms with E-state index in [1.54, 1.807) is 11.2 Å². The standard InChI is InChI=1S/C13H22N2O3S2/c1-10-13(19-11(2)14-10)20(17,18)15-7-3-4-12(5-8-15)6-9-16/h12,16H,3-9H2,1-2H3.